The topological polar surface area (TPSA) is 63.8 Å². The molecule has 0 atom stereocenters. The predicted octanol–water partition coefficient (Wildman–Crippen LogP) is 2.54. The summed E-state index contributed by atoms with van der Waals surface area (Å²) in [5.74, 6) is 2.86. The first-order valence-corrected chi connectivity index (χ1v) is 6.89. The zero-order chi connectivity index (χ0) is 12.8. The van der Waals surface area contributed by atoms with Crippen LogP contribution in [0.4, 0.5) is 11.5 Å². The number of nitrogens with one attached hydrogen (secondary N) is 1. The van der Waals surface area contributed by atoms with Crippen molar-refractivity contribution >= 4 is 34.2 Å². The molecule has 0 radical (unpaired) electrons. The van der Waals surface area contributed by atoms with E-state index in [1.807, 2.05) is 36.0 Å². The number of nitrogens with zero attached hydrogens (tertiary/aromatic N) is 2. The lowest BCUT2D eigenvalue weighted by Crippen LogP contribution is -2.06. The average molecular weight is 260 g/mol. The Morgan fingerprint density at radius 1 is 1.39 bits per heavy atom. The molecule has 0 aliphatic rings. The first-order valence-electron chi connectivity index (χ1n) is 5.74. The van der Waals surface area contributed by atoms with Gasteiger partial charge < -0.3 is 11.1 Å². The van der Waals surface area contributed by atoms with Crippen LogP contribution in [-0.2, 0) is 0 Å². The maximum Gasteiger partial charge on any atom is 0.137 e. The normalized spacial score (nSPS) is 10.4. The molecule has 0 spiro atoms. The summed E-state index contributed by atoms with van der Waals surface area (Å²) in [6, 6.07) is 5.67. The van der Waals surface area contributed by atoms with Gasteiger partial charge in [-0.25, -0.2) is 9.97 Å². The van der Waals surface area contributed by atoms with E-state index in [2.05, 4.69) is 21.9 Å². The molecular weight excluding hydrogens is 244 g/mol. The van der Waals surface area contributed by atoms with E-state index in [-0.39, 0.29) is 0 Å². The summed E-state index contributed by atoms with van der Waals surface area (Å²) in [6.45, 7) is 4.56. The molecule has 0 saturated carbocycles. The number of hydrogen-bond donors (Lipinski definition) is 2. The van der Waals surface area contributed by atoms with Crippen molar-refractivity contribution in [2.24, 2.45) is 0 Å². The Morgan fingerprint density at radius 3 is 3.11 bits per heavy atom. The van der Waals surface area contributed by atoms with E-state index in [0.717, 1.165) is 34.8 Å². The minimum absolute atomic E-state index is 0.716. The van der Waals surface area contributed by atoms with Crippen molar-refractivity contribution < 1.29 is 0 Å². The minimum Gasteiger partial charge on any atom is -0.399 e. The molecule has 3 N–H and O–H groups in total. The predicted molar refractivity (Wildman–Crippen MR) is 80.0 cm³/mol. The lowest BCUT2D eigenvalue weighted by molar-refractivity contribution is 1.15. The Morgan fingerprint density at radius 2 is 2.28 bits per heavy atom. The van der Waals surface area contributed by atoms with Gasteiger partial charge in [-0.1, -0.05) is 6.08 Å². The van der Waals surface area contributed by atoms with Gasteiger partial charge in [0.15, 0.2) is 0 Å². The van der Waals surface area contributed by atoms with Crippen LogP contribution >= 0.6 is 11.8 Å². The molecule has 4 nitrogen and oxygen atoms in total. The van der Waals surface area contributed by atoms with E-state index in [9.17, 15) is 0 Å². The van der Waals surface area contributed by atoms with Gasteiger partial charge in [-0.2, -0.15) is 11.8 Å². The van der Waals surface area contributed by atoms with Gasteiger partial charge >= 0.3 is 0 Å². The molecule has 0 aliphatic carbocycles. The Kier molecular flexibility index (Phi) is 4.41. The van der Waals surface area contributed by atoms with Crippen molar-refractivity contribution in [2.45, 2.75) is 0 Å². The SMILES string of the molecule is C=CCSCCNc1ncnc2cc(N)ccc12. The third kappa shape index (κ3) is 3.13. The van der Waals surface area contributed by atoms with Crippen LogP contribution in [0.2, 0.25) is 0 Å². The number of aromatic nitrogens is 2. The van der Waals surface area contributed by atoms with Gasteiger partial charge in [-0.15, -0.1) is 6.58 Å². The molecule has 5 heteroatoms. The molecule has 2 aromatic rings. The van der Waals surface area contributed by atoms with Gasteiger partial charge in [-0.05, 0) is 18.2 Å². The Balaban J connectivity index is 2.06. The summed E-state index contributed by atoms with van der Waals surface area (Å²) in [5.41, 5.74) is 7.32. The zero-order valence-corrected chi connectivity index (χ0v) is 10.9. The first-order chi connectivity index (χ1) is 8.81. The maximum absolute atomic E-state index is 5.74. The van der Waals surface area contributed by atoms with Crippen molar-refractivity contribution in [2.75, 3.05) is 29.1 Å². The van der Waals surface area contributed by atoms with E-state index in [4.69, 9.17) is 5.73 Å². The van der Waals surface area contributed by atoms with Crippen molar-refractivity contribution in [1.29, 1.82) is 0 Å². The van der Waals surface area contributed by atoms with Crippen LogP contribution in [0.1, 0.15) is 0 Å². The van der Waals surface area contributed by atoms with Gasteiger partial charge in [0.25, 0.3) is 0 Å². The molecule has 0 fully saturated rings. The van der Waals surface area contributed by atoms with E-state index in [0.29, 0.717) is 5.69 Å². The van der Waals surface area contributed by atoms with Crippen LogP contribution in [0.5, 0.6) is 0 Å². The third-order valence-electron chi connectivity index (χ3n) is 2.44. The van der Waals surface area contributed by atoms with Gasteiger partial charge in [0.05, 0.1) is 5.52 Å². The Labute approximate surface area is 111 Å². The molecule has 0 unspecified atom stereocenters. The van der Waals surface area contributed by atoms with Crippen LogP contribution in [-0.4, -0.2) is 28.0 Å². The molecule has 0 aliphatic heterocycles. The van der Waals surface area contributed by atoms with Crippen LogP contribution in [0.15, 0.2) is 37.2 Å². The second kappa shape index (κ2) is 6.26. The molecule has 18 heavy (non-hydrogen) atoms. The Bertz CT molecular complexity index is 542. The van der Waals surface area contributed by atoms with Crippen molar-refractivity contribution in [3.05, 3.63) is 37.2 Å². The zero-order valence-electron chi connectivity index (χ0n) is 10.1. The minimum atomic E-state index is 0.716. The highest BCUT2D eigenvalue weighted by molar-refractivity contribution is 7.99. The summed E-state index contributed by atoms with van der Waals surface area (Å²) >= 11 is 1.84. The quantitative estimate of drug-likeness (QED) is 0.475. The summed E-state index contributed by atoms with van der Waals surface area (Å²) in [5, 5.41) is 4.32. The third-order valence-corrected chi connectivity index (χ3v) is 3.40. The maximum atomic E-state index is 5.74. The van der Waals surface area contributed by atoms with Crippen molar-refractivity contribution in [3.8, 4) is 0 Å². The number of benzene rings is 1. The van der Waals surface area contributed by atoms with Gasteiger partial charge in [0.2, 0.25) is 0 Å². The number of anilines is 2. The molecule has 0 amide bonds. The lowest BCUT2D eigenvalue weighted by Gasteiger charge is -2.08. The molecule has 2 rings (SSSR count). The number of rotatable bonds is 6. The van der Waals surface area contributed by atoms with Gasteiger partial charge in [0, 0.05) is 29.1 Å². The highest BCUT2D eigenvalue weighted by Crippen LogP contribution is 2.21. The fraction of sp³-hybridized carbons (Fsp3) is 0.231. The number of hydrogen-bond acceptors (Lipinski definition) is 5. The number of thioether (sulfide) groups is 1. The van der Waals surface area contributed by atoms with Crippen LogP contribution in [0.3, 0.4) is 0 Å². The van der Waals surface area contributed by atoms with E-state index in [1.165, 1.54) is 0 Å². The summed E-state index contributed by atoms with van der Waals surface area (Å²) in [4.78, 5) is 8.47. The monoisotopic (exact) mass is 260 g/mol. The number of fused-ring (bicyclic) bond motifs is 1. The summed E-state index contributed by atoms with van der Waals surface area (Å²) < 4.78 is 0. The lowest BCUT2D eigenvalue weighted by atomic mass is 10.2. The van der Waals surface area contributed by atoms with Crippen molar-refractivity contribution in [1.82, 2.24) is 9.97 Å². The smallest absolute Gasteiger partial charge is 0.137 e. The second-order valence-electron chi connectivity index (χ2n) is 3.79. The highest BCUT2D eigenvalue weighted by atomic mass is 32.2. The number of nitrogens with two attached hydrogens (primary N) is 1. The summed E-state index contributed by atoms with van der Waals surface area (Å²) in [7, 11) is 0. The molecule has 0 saturated heterocycles. The second-order valence-corrected chi connectivity index (χ2v) is 4.94. The van der Waals surface area contributed by atoms with Crippen LogP contribution in [0, 0.1) is 0 Å². The van der Waals surface area contributed by atoms with E-state index in [1.54, 1.807) is 6.33 Å². The van der Waals surface area contributed by atoms with Crippen molar-refractivity contribution in [3.63, 3.8) is 0 Å². The first kappa shape index (κ1) is 12.7. The van der Waals surface area contributed by atoms with E-state index >= 15 is 0 Å². The highest BCUT2D eigenvalue weighted by Gasteiger charge is 2.02. The van der Waals surface area contributed by atoms with Crippen LogP contribution in [0.25, 0.3) is 10.9 Å². The van der Waals surface area contributed by atoms with E-state index < -0.39 is 0 Å². The van der Waals surface area contributed by atoms with Gasteiger partial charge in [-0.3, -0.25) is 0 Å². The molecule has 0 bridgehead atoms. The largest absolute Gasteiger partial charge is 0.399 e. The molecular formula is C13H16N4S. The summed E-state index contributed by atoms with van der Waals surface area (Å²) in [6.07, 6.45) is 3.47. The number of nitrogen functional groups attached to an aromatic ring is 1. The standard InChI is InChI=1S/C13H16N4S/c1-2-6-18-7-5-15-13-11-4-3-10(14)8-12(11)16-9-17-13/h2-4,8-9H,1,5-7,14H2,(H,15,16,17). The average Bonchev–Trinajstić information content (AvgIpc) is 2.38. The Hall–Kier alpha value is -1.75. The molecule has 94 valence electrons. The van der Waals surface area contributed by atoms with Crippen LogP contribution < -0.4 is 11.1 Å². The fourth-order valence-corrected chi connectivity index (χ4v) is 2.20. The fourth-order valence-electron chi connectivity index (χ4n) is 1.62. The molecule has 1 aromatic heterocycles. The van der Waals surface area contributed by atoms with Gasteiger partial charge in [0.1, 0.15) is 12.1 Å². The molecule has 1 aromatic carbocycles. The molecule has 1 heterocycles.